The summed E-state index contributed by atoms with van der Waals surface area (Å²) in [6, 6.07) is 37.6. The van der Waals surface area contributed by atoms with Gasteiger partial charge in [0, 0.05) is 39.7 Å². The first-order chi connectivity index (χ1) is 21.6. The lowest BCUT2D eigenvalue weighted by atomic mass is 9.81. The molecule has 0 amide bonds. The van der Waals surface area contributed by atoms with E-state index in [0.29, 0.717) is 17.6 Å². The van der Waals surface area contributed by atoms with E-state index in [1.165, 1.54) is 22.3 Å². The molecule has 9 rings (SSSR count). The minimum absolute atomic E-state index is 0.253. The van der Waals surface area contributed by atoms with Gasteiger partial charge in [-0.2, -0.15) is 9.97 Å². The normalized spacial score (nSPS) is 13.4. The van der Waals surface area contributed by atoms with Crippen molar-refractivity contribution in [1.82, 2.24) is 29.5 Å². The number of hydrogen-bond acceptors (Lipinski definition) is 5. The molecule has 3 heterocycles. The fraction of sp³-hybridized carbons (Fsp3) is 0.0789. The quantitative estimate of drug-likeness (QED) is 0.214. The van der Waals surface area contributed by atoms with Crippen LogP contribution < -0.4 is 0 Å². The van der Waals surface area contributed by atoms with Crippen molar-refractivity contribution < 1.29 is 0 Å². The second-order valence-corrected chi connectivity index (χ2v) is 11.8. The summed E-state index contributed by atoms with van der Waals surface area (Å²) >= 11 is 0. The van der Waals surface area contributed by atoms with E-state index in [4.69, 9.17) is 19.9 Å². The second-order valence-electron chi connectivity index (χ2n) is 11.8. The summed E-state index contributed by atoms with van der Waals surface area (Å²) in [6.07, 6.45) is 3.51. The lowest BCUT2D eigenvalue weighted by Crippen LogP contribution is -2.17. The van der Waals surface area contributed by atoms with Crippen molar-refractivity contribution in [3.8, 4) is 39.9 Å². The molecule has 0 saturated carbocycles. The Balaban J connectivity index is 1.47. The number of nitrogens with zero attached hydrogens (tertiary/aromatic N) is 6. The van der Waals surface area contributed by atoms with Crippen LogP contribution in [0.1, 0.15) is 25.0 Å². The molecule has 0 saturated heterocycles. The van der Waals surface area contributed by atoms with E-state index in [1.807, 2.05) is 66.7 Å². The van der Waals surface area contributed by atoms with Gasteiger partial charge in [0.15, 0.2) is 11.6 Å². The van der Waals surface area contributed by atoms with Gasteiger partial charge in [-0.25, -0.2) is 4.98 Å². The SMILES string of the molecule is CC1(C)c2ccccc2-c2ccc3c4c5nccnc5ccc4n(-c4nc(-c5ccccc5)nc(-c5ccccc5)n4)c3c21. The molecule has 0 spiro atoms. The van der Waals surface area contributed by atoms with Gasteiger partial charge in [-0.1, -0.05) is 111 Å². The number of aromatic nitrogens is 6. The molecule has 1 aliphatic carbocycles. The molecular formula is C38H26N6. The molecular weight excluding hydrogens is 540 g/mol. The van der Waals surface area contributed by atoms with Crippen LogP contribution in [0.2, 0.25) is 0 Å². The molecule has 0 N–H and O–H groups in total. The van der Waals surface area contributed by atoms with E-state index in [1.54, 1.807) is 12.4 Å². The smallest absolute Gasteiger partial charge is 0.238 e. The Morgan fingerprint density at radius 2 is 1.25 bits per heavy atom. The number of hydrogen-bond donors (Lipinski definition) is 0. The summed E-state index contributed by atoms with van der Waals surface area (Å²) in [6.45, 7) is 4.63. The van der Waals surface area contributed by atoms with Crippen LogP contribution in [-0.4, -0.2) is 29.5 Å². The van der Waals surface area contributed by atoms with Crippen molar-refractivity contribution in [3.63, 3.8) is 0 Å². The van der Waals surface area contributed by atoms with Gasteiger partial charge in [0.05, 0.1) is 22.1 Å². The Hall–Kier alpha value is -5.75. The maximum atomic E-state index is 5.18. The first-order valence-corrected chi connectivity index (χ1v) is 14.8. The van der Waals surface area contributed by atoms with Crippen molar-refractivity contribution in [2.75, 3.05) is 0 Å². The Morgan fingerprint density at radius 1 is 0.591 bits per heavy atom. The zero-order valence-corrected chi connectivity index (χ0v) is 24.2. The summed E-state index contributed by atoms with van der Waals surface area (Å²) in [4.78, 5) is 24.8. The molecule has 0 atom stereocenters. The van der Waals surface area contributed by atoms with Gasteiger partial charge < -0.3 is 0 Å². The Morgan fingerprint density at radius 3 is 1.98 bits per heavy atom. The standard InChI is InChI=1S/C38H26N6/c1-38(2)28-16-10-9-15-25(28)26-17-18-27-31-30(20-19-29-33(31)40-22-21-39-29)44(34(27)32(26)38)37-42-35(23-11-5-3-6-12-23)41-36(43-37)24-13-7-4-8-14-24/h3-22H,1-2H3. The molecule has 208 valence electrons. The van der Waals surface area contributed by atoms with Crippen LogP contribution in [0.5, 0.6) is 0 Å². The van der Waals surface area contributed by atoms with Gasteiger partial charge in [-0.3, -0.25) is 14.5 Å². The topological polar surface area (TPSA) is 69.4 Å². The average Bonchev–Trinajstić information content (AvgIpc) is 3.54. The largest absolute Gasteiger partial charge is 0.277 e. The molecule has 3 aromatic heterocycles. The highest BCUT2D eigenvalue weighted by molar-refractivity contribution is 6.21. The zero-order valence-electron chi connectivity index (χ0n) is 24.2. The lowest BCUT2D eigenvalue weighted by Gasteiger charge is -2.23. The van der Waals surface area contributed by atoms with E-state index in [2.05, 4.69) is 65.9 Å². The van der Waals surface area contributed by atoms with Crippen LogP contribution in [0.15, 0.2) is 122 Å². The van der Waals surface area contributed by atoms with Crippen molar-refractivity contribution in [2.45, 2.75) is 19.3 Å². The van der Waals surface area contributed by atoms with Crippen molar-refractivity contribution in [2.24, 2.45) is 0 Å². The third kappa shape index (κ3) is 3.45. The van der Waals surface area contributed by atoms with Gasteiger partial charge in [-0.15, -0.1) is 0 Å². The molecule has 0 aliphatic heterocycles. The highest BCUT2D eigenvalue weighted by atomic mass is 15.2. The Labute approximate surface area is 253 Å². The third-order valence-electron chi connectivity index (χ3n) is 8.93. The molecule has 6 nitrogen and oxygen atoms in total. The number of fused-ring (bicyclic) bond motifs is 9. The van der Waals surface area contributed by atoms with E-state index in [-0.39, 0.29) is 5.41 Å². The van der Waals surface area contributed by atoms with Gasteiger partial charge in [-0.05, 0) is 34.4 Å². The van der Waals surface area contributed by atoms with E-state index in [9.17, 15) is 0 Å². The zero-order chi connectivity index (χ0) is 29.4. The first-order valence-electron chi connectivity index (χ1n) is 14.8. The van der Waals surface area contributed by atoms with Crippen molar-refractivity contribution in [1.29, 1.82) is 0 Å². The monoisotopic (exact) mass is 566 g/mol. The molecule has 5 aromatic carbocycles. The number of benzene rings is 5. The van der Waals surface area contributed by atoms with Crippen molar-refractivity contribution >= 4 is 32.8 Å². The molecule has 44 heavy (non-hydrogen) atoms. The molecule has 0 fully saturated rings. The Kier molecular flexibility index (Phi) is 5.14. The van der Waals surface area contributed by atoms with Gasteiger partial charge in [0.1, 0.15) is 0 Å². The van der Waals surface area contributed by atoms with E-state index in [0.717, 1.165) is 44.0 Å². The van der Waals surface area contributed by atoms with Crippen LogP contribution in [0, 0.1) is 0 Å². The summed E-state index contributed by atoms with van der Waals surface area (Å²) in [5.41, 5.74) is 10.5. The molecule has 6 heteroatoms. The third-order valence-corrected chi connectivity index (χ3v) is 8.93. The van der Waals surface area contributed by atoms with Crippen LogP contribution in [0.3, 0.4) is 0 Å². The van der Waals surface area contributed by atoms with Gasteiger partial charge in [0.2, 0.25) is 5.95 Å². The van der Waals surface area contributed by atoms with Gasteiger partial charge >= 0.3 is 0 Å². The predicted molar refractivity (Wildman–Crippen MR) is 176 cm³/mol. The van der Waals surface area contributed by atoms with Crippen LogP contribution in [0.4, 0.5) is 0 Å². The lowest BCUT2D eigenvalue weighted by molar-refractivity contribution is 0.663. The predicted octanol–water partition coefficient (Wildman–Crippen LogP) is 8.55. The molecule has 1 aliphatic rings. The average molecular weight is 567 g/mol. The van der Waals surface area contributed by atoms with Crippen LogP contribution in [0.25, 0.3) is 72.7 Å². The van der Waals surface area contributed by atoms with Crippen LogP contribution >= 0.6 is 0 Å². The van der Waals surface area contributed by atoms with Crippen LogP contribution in [-0.2, 0) is 5.41 Å². The molecule has 8 aromatic rings. The van der Waals surface area contributed by atoms with E-state index < -0.39 is 0 Å². The maximum Gasteiger partial charge on any atom is 0.238 e. The highest BCUT2D eigenvalue weighted by Crippen LogP contribution is 2.53. The summed E-state index contributed by atoms with van der Waals surface area (Å²) in [5, 5.41) is 2.15. The minimum atomic E-state index is -0.253. The number of rotatable bonds is 3. The van der Waals surface area contributed by atoms with Gasteiger partial charge in [0.25, 0.3) is 0 Å². The minimum Gasteiger partial charge on any atom is -0.277 e. The Bertz CT molecular complexity index is 2350. The summed E-state index contributed by atoms with van der Waals surface area (Å²) < 4.78 is 2.23. The fourth-order valence-electron chi connectivity index (χ4n) is 6.98. The fourth-order valence-corrected chi connectivity index (χ4v) is 6.98. The van der Waals surface area contributed by atoms with Crippen molar-refractivity contribution in [3.05, 3.63) is 133 Å². The molecule has 0 radical (unpaired) electrons. The first kappa shape index (κ1) is 24.8. The highest BCUT2D eigenvalue weighted by Gasteiger charge is 2.39. The molecule has 0 bridgehead atoms. The maximum absolute atomic E-state index is 5.18. The summed E-state index contributed by atoms with van der Waals surface area (Å²) in [7, 11) is 0. The second kappa shape index (κ2) is 9.12. The van der Waals surface area contributed by atoms with E-state index >= 15 is 0 Å². The molecule has 0 unspecified atom stereocenters. The summed E-state index contributed by atoms with van der Waals surface area (Å²) in [5.74, 6) is 1.82.